The SMILES string of the molecule is NC(=O)Nc1cccc(NC(=O)CC2CCCN2)c1. The number of primary amides is 1. The minimum absolute atomic E-state index is 0.0318. The lowest BCUT2D eigenvalue weighted by atomic mass is 10.1. The van der Waals surface area contributed by atoms with Crippen molar-refractivity contribution in [1.82, 2.24) is 5.32 Å². The summed E-state index contributed by atoms with van der Waals surface area (Å²) in [5.74, 6) is -0.0318. The van der Waals surface area contributed by atoms with Crippen LogP contribution in [0.3, 0.4) is 0 Å². The molecule has 0 saturated carbocycles. The third-order valence-corrected chi connectivity index (χ3v) is 3.01. The third-order valence-electron chi connectivity index (χ3n) is 3.01. The van der Waals surface area contributed by atoms with Gasteiger partial charge in [-0.05, 0) is 37.6 Å². The second kappa shape index (κ2) is 6.19. The minimum Gasteiger partial charge on any atom is -0.351 e. The summed E-state index contributed by atoms with van der Waals surface area (Å²) in [6, 6.07) is 6.54. The lowest BCUT2D eigenvalue weighted by Gasteiger charge is -2.11. The van der Waals surface area contributed by atoms with Gasteiger partial charge in [0.05, 0.1) is 0 Å². The van der Waals surface area contributed by atoms with Crippen LogP contribution in [0.1, 0.15) is 19.3 Å². The molecule has 1 atom stereocenters. The molecule has 1 saturated heterocycles. The molecule has 1 aliphatic rings. The van der Waals surface area contributed by atoms with Gasteiger partial charge in [0, 0.05) is 23.8 Å². The van der Waals surface area contributed by atoms with E-state index < -0.39 is 6.03 Å². The first-order valence-electron chi connectivity index (χ1n) is 6.33. The highest BCUT2D eigenvalue weighted by Gasteiger charge is 2.17. The normalized spacial score (nSPS) is 18.0. The van der Waals surface area contributed by atoms with Gasteiger partial charge in [-0.1, -0.05) is 6.07 Å². The number of nitrogens with two attached hydrogens (primary N) is 1. The Morgan fingerprint density at radius 1 is 1.32 bits per heavy atom. The molecule has 6 heteroatoms. The molecule has 19 heavy (non-hydrogen) atoms. The largest absolute Gasteiger partial charge is 0.351 e. The lowest BCUT2D eigenvalue weighted by Crippen LogP contribution is -2.27. The first kappa shape index (κ1) is 13.4. The molecule has 0 aromatic heterocycles. The van der Waals surface area contributed by atoms with Crippen LogP contribution in [0.25, 0.3) is 0 Å². The number of carbonyl (C=O) groups is 2. The lowest BCUT2D eigenvalue weighted by molar-refractivity contribution is -0.116. The van der Waals surface area contributed by atoms with Crippen LogP contribution >= 0.6 is 0 Å². The number of carbonyl (C=O) groups excluding carboxylic acids is 2. The van der Waals surface area contributed by atoms with Gasteiger partial charge in [-0.3, -0.25) is 4.79 Å². The standard InChI is InChI=1S/C13H18N4O2/c14-13(19)17-11-4-1-3-10(7-11)16-12(18)8-9-5-2-6-15-9/h1,3-4,7,9,15H,2,5-6,8H2,(H,16,18)(H3,14,17,19). The van der Waals surface area contributed by atoms with Gasteiger partial charge in [0.2, 0.25) is 5.91 Å². The molecule has 0 aliphatic carbocycles. The molecule has 0 radical (unpaired) electrons. The quantitative estimate of drug-likeness (QED) is 0.657. The van der Waals surface area contributed by atoms with E-state index in [9.17, 15) is 9.59 Å². The van der Waals surface area contributed by atoms with Gasteiger partial charge in [0.25, 0.3) is 0 Å². The van der Waals surface area contributed by atoms with Crippen molar-refractivity contribution in [1.29, 1.82) is 0 Å². The summed E-state index contributed by atoms with van der Waals surface area (Å²) in [5.41, 5.74) is 6.25. The van der Waals surface area contributed by atoms with Crippen molar-refractivity contribution < 1.29 is 9.59 Å². The first-order chi connectivity index (χ1) is 9.13. The van der Waals surface area contributed by atoms with E-state index in [-0.39, 0.29) is 11.9 Å². The smallest absolute Gasteiger partial charge is 0.316 e. The topological polar surface area (TPSA) is 96.2 Å². The number of benzene rings is 1. The Bertz CT molecular complexity index is 469. The Hall–Kier alpha value is -2.08. The van der Waals surface area contributed by atoms with Crippen molar-refractivity contribution in [3.05, 3.63) is 24.3 Å². The maximum absolute atomic E-state index is 11.8. The van der Waals surface area contributed by atoms with Crippen molar-refractivity contribution >= 4 is 23.3 Å². The molecule has 102 valence electrons. The maximum Gasteiger partial charge on any atom is 0.316 e. The molecule has 5 N–H and O–H groups in total. The average molecular weight is 262 g/mol. The van der Waals surface area contributed by atoms with Crippen LogP contribution in [0.5, 0.6) is 0 Å². The van der Waals surface area contributed by atoms with Gasteiger partial charge in [-0.25, -0.2) is 4.79 Å². The van der Waals surface area contributed by atoms with Crippen LogP contribution < -0.4 is 21.7 Å². The van der Waals surface area contributed by atoms with Gasteiger partial charge in [0.15, 0.2) is 0 Å². The Balaban J connectivity index is 1.90. The minimum atomic E-state index is -0.626. The summed E-state index contributed by atoms with van der Waals surface area (Å²) in [6.07, 6.45) is 2.63. The highest BCUT2D eigenvalue weighted by Crippen LogP contribution is 2.16. The summed E-state index contributed by atoms with van der Waals surface area (Å²) < 4.78 is 0. The fourth-order valence-electron chi connectivity index (χ4n) is 2.18. The molecule has 6 nitrogen and oxygen atoms in total. The fourth-order valence-corrected chi connectivity index (χ4v) is 2.18. The number of urea groups is 1. The van der Waals surface area contributed by atoms with Crippen molar-refractivity contribution in [3.63, 3.8) is 0 Å². The monoisotopic (exact) mass is 262 g/mol. The Morgan fingerprint density at radius 2 is 2.05 bits per heavy atom. The van der Waals surface area contributed by atoms with E-state index in [1.807, 2.05) is 0 Å². The average Bonchev–Trinajstić information content (AvgIpc) is 2.81. The summed E-state index contributed by atoms with van der Waals surface area (Å²) in [4.78, 5) is 22.6. The Morgan fingerprint density at radius 3 is 2.68 bits per heavy atom. The van der Waals surface area contributed by atoms with E-state index in [0.29, 0.717) is 17.8 Å². The summed E-state index contributed by atoms with van der Waals surface area (Å²) in [7, 11) is 0. The molecule has 1 aromatic rings. The van der Waals surface area contributed by atoms with Gasteiger partial charge in [0.1, 0.15) is 0 Å². The van der Waals surface area contributed by atoms with Crippen LogP contribution in [0.15, 0.2) is 24.3 Å². The van der Waals surface area contributed by atoms with Gasteiger partial charge >= 0.3 is 6.03 Å². The zero-order valence-electron chi connectivity index (χ0n) is 10.6. The Kier molecular flexibility index (Phi) is 4.35. The number of rotatable bonds is 4. The third kappa shape index (κ3) is 4.26. The van der Waals surface area contributed by atoms with Crippen LogP contribution in [-0.2, 0) is 4.79 Å². The molecule has 1 heterocycles. The number of anilines is 2. The summed E-state index contributed by atoms with van der Waals surface area (Å²) >= 11 is 0. The second-order valence-electron chi connectivity index (χ2n) is 4.62. The molecule has 1 unspecified atom stereocenters. The number of nitrogens with one attached hydrogen (secondary N) is 3. The predicted octanol–water partition coefficient (Wildman–Crippen LogP) is 1.26. The van der Waals surface area contributed by atoms with Crippen LogP contribution in [0.2, 0.25) is 0 Å². The molecule has 1 aliphatic heterocycles. The second-order valence-corrected chi connectivity index (χ2v) is 4.62. The van der Waals surface area contributed by atoms with E-state index in [1.165, 1.54) is 0 Å². The Labute approximate surface area is 111 Å². The van der Waals surface area contributed by atoms with Crippen molar-refractivity contribution in [3.8, 4) is 0 Å². The number of amides is 3. The van der Waals surface area contributed by atoms with Gasteiger partial charge in [-0.15, -0.1) is 0 Å². The number of hydrogen-bond acceptors (Lipinski definition) is 3. The van der Waals surface area contributed by atoms with Gasteiger partial charge < -0.3 is 21.7 Å². The molecule has 3 amide bonds. The van der Waals surface area contributed by atoms with E-state index in [2.05, 4.69) is 16.0 Å². The maximum atomic E-state index is 11.8. The zero-order chi connectivity index (χ0) is 13.7. The predicted molar refractivity (Wildman–Crippen MR) is 73.9 cm³/mol. The molecule has 1 fully saturated rings. The summed E-state index contributed by atoms with van der Waals surface area (Å²) in [5, 5.41) is 8.55. The van der Waals surface area contributed by atoms with Crippen molar-refractivity contribution in [2.75, 3.05) is 17.2 Å². The fraction of sp³-hybridized carbons (Fsp3) is 0.385. The van der Waals surface area contributed by atoms with E-state index in [0.717, 1.165) is 19.4 Å². The first-order valence-corrected chi connectivity index (χ1v) is 6.33. The van der Waals surface area contributed by atoms with Crippen LogP contribution in [-0.4, -0.2) is 24.5 Å². The van der Waals surface area contributed by atoms with Crippen LogP contribution in [0.4, 0.5) is 16.2 Å². The molecule has 0 spiro atoms. The molecule has 1 aromatic carbocycles. The number of hydrogen-bond donors (Lipinski definition) is 4. The van der Waals surface area contributed by atoms with E-state index in [4.69, 9.17) is 5.73 Å². The zero-order valence-corrected chi connectivity index (χ0v) is 10.6. The van der Waals surface area contributed by atoms with E-state index in [1.54, 1.807) is 24.3 Å². The van der Waals surface area contributed by atoms with Crippen LogP contribution in [0, 0.1) is 0 Å². The van der Waals surface area contributed by atoms with Crippen molar-refractivity contribution in [2.24, 2.45) is 5.73 Å². The molecule has 2 rings (SSSR count). The highest BCUT2D eigenvalue weighted by molar-refractivity contribution is 5.93. The molecule has 0 bridgehead atoms. The highest BCUT2D eigenvalue weighted by atomic mass is 16.2. The van der Waals surface area contributed by atoms with Crippen molar-refractivity contribution in [2.45, 2.75) is 25.3 Å². The molecular formula is C13H18N4O2. The van der Waals surface area contributed by atoms with Gasteiger partial charge in [-0.2, -0.15) is 0 Å². The molecular weight excluding hydrogens is 244 g/mol. The summed E-state index contributed by atoms with van der Waals surface area (Å²) in [6.45, 7) is 0.982. The van der Waals surface area contributed by atoms with E-state index >= 15 is 0 Å².